The predicted octanol–water partition coefficient (Wildman–Crippen LogP) is 4.67. The molecule has 18 heavy (non-hydrogen) atoms. The summed E-state index contributed by atoms with van der Waals surface area (Å²) >= 11 is 0. The van der Waals surface area contributed by atoms with E-state index in [1.165, 1.54) is 16.7 Å². The molecule has 0 unspecified atom stereocenters. The number of aromatic hydroxyl groups is 1. The van der Waals surface area contributed by atoms with Gasteiger partial charge >= 0.3 is 0 Å². The van der Waals surface area contributed by atoms with Gasteiger partial charge in [0.1, 0.15) is 5.75 Å². The quantitative estimate of drug-likeness (QED) is 0.768. The first kappa shape index (κ1) is 12.7. The number of rotatable bonds is 1. The molecule has 0 radical (unpaired) electrons. The van der Waals surface area contributed by atoms with Crippen molar-refractivity contribution in [3.8, 4) is 16.9 Å². The fraction of sp³-hybridized carbons (Fsp3) is 0.294. The summed E-state index contributed by atoms with van der Waals surface area (Å²) in [6, 6.07) is 14.0. The summed E-state index contributed by atoms with van der Waals surface area (Å²) in [5.41, 5.74) is 4.99. The second kappa shape index (κ2) is 4.49. The highest BCUT2D eigenvalue weighted by atomic mass is 16.3. The fourth-order valence-electron chi connectivity index (χ4n) is 2.32. The van der Waals surface area contributed by atoms with Crippen LogP contribution in [-0.4, -0.2) is 5.11 Å². The van der Waals surface area contributed by atoms with Crippen LogP contribution in [0.3, 0.4) is 0 Å². The number of phenols is 1. The van der Waals surface area contributed by atoms with Crippen LogP contribution in [0.25, 0.3) is 11.1 Å². The fourth-order valence-corrected chi connectivity index (χ4v) is 2.32. The van der Waals surface area contributed by atoms with Crippen LogP contribution in [0.5, 0.6) is 5.75 Å². The summed E-state index contributed by atoms with van der Waals surface area (Å²) in [5.74, 6) is 0.324. The average Bonchev–Trinajstić information content (AvgIpc) is 2.28. The molecular weight excluding hydrogens is 220 g/mol. The molecule has 2 rings (SSSR count). The minimum atomic E-state index is 0.112. The standard InChI is InChI=1S/C17H20O/c1-12-11-13(18)9-10-14(12)15-7-5-6-8-16(15)17(2,3)4/h5-11,18H,1-4H3. The Labute approximate surface area is 109 Å². The van der Waals surface area contributed by atoms with Gasteiger partial charge in [-0.25, -0.2) is 0 Å². The van der Waals surface area contributed by atoms with Crippen molar-refractivity contribution in [2.45, 2.75) is 33.1 Å². The zero-order chi connectivity index (χ0) is 13.3. The Hall–Kier alpha value is -1.76. The van der Waals surface area contributed by atoms with Gasteiger partial charge in [0, 0.05) is 0 Å². The van der Waals surface area contributed by atoms with Crippen molar-refractivity contribution in [2.24, 2.45) is 0 Å². The minimum absolute atomic E-state index is 0.112. The van der Waals surface area contributed by atoms with Gasteiger partial charge in [-0.05, 0) is 46.7 Å². The van der Waals surface area contributed by atoms with E-state index in [0.29, 0.717) is 5.75 Å². The predicted molar refractivity (Wildman–Crippen MR) is 77.0 cm³/mol. The van der Waals surface area contributed by atoms with Gasteiger partial charge < -0.3 is 5.11 Å². The van der Waals surface area contributed by atoms with Crippen molar-refractivity contribution in [1.29, 1.82) is 0 Å². The molecule has 0 atom stereocenters. The van der Waals surface area contributed by atoms with Crippen molar-refractivity contribution < 1.29 is 5.11 Å². The third-order valence-electron chi connectivity index (χ3n) is 3.24. The molecule has 0 bridgehead atoms. The minimum Gasteiger partial charge on any atom is -0.508 e. The van der Waals surface area contributed by atoms with Crippen molar-refractivity contribution >= 4 is 0 Å². The summed E-state index contributed by atoms with van der Waals surface area (Å²) in [4.78, 5) is 0. The lowest BCUT2D eigenvalue weighted by Gasteiger charge is -2.23. The molecular formula is C17H20O. The van der Waals surface area contributed by atoms with Gasteiger partial charge in [-0.15, -0.1) is 0 Å². The van der Waals surface area contributed by atoms with E-state index in [9.17, 15) is 5.11 Å². The van der Waals surface area contributed by atoms with Gasteiger partial charge in [0.2, 0.25) is 0 Å². The van der Waals surface area contributed by atoms with Crippen LogP contribution in [0.15, 0.2) is 42.5 Å². The Kier molecular flexibility index (Phi) is 3.16. The van der Waals surface area contributed by atoms with E-state index in [1.54, 1.807) is 6.07 Å². The van der Waals surface area contributed by atoms with E-state index in [1.807, 2.05) is 19.1 Å². The molecule has 1 N–H and O–H groups in total. The highest BCUT2D eigenvalue weighted by Gasteiger charge is 2.18. The molecule has 0 saturated carbocycles. The molecule has 0 aromatic heterocycles. The number of hydrogen-bond acceptors (Lipinski definition) is 1. The van der Waals surface area contributed by atoms with Gasteiger partial charge in [-0.3, -0.25) is 0 Å². The second-order valence-corrected chi connectivity index (χ2v) is 5.79. The molecule has 1 nitrogen and oxygen atoms in total. The zero-order valence-electron chi connectivity index (χ0n) is 11.5. The lowest BCUT2D eigenvalue weighted by atomic mass is 9.81. The maximum Gasteiger partial charge on any atom is 0.115 e. The topological polar surface area (TPSA) is 20.2 Å². The van der Waals surface area contributed by atoms with E-state index in [-0.39, 0.29) is 5.41 Å². The smallest absolute Gasteiger partial charge is 0.115 e. The number of aryl methyl sites for hydroxylation is 1. The Morgan fingerprint density at radius 2 is 1.56 bits per heavy atom. The van der Waals surface area contributed by atoms with Crippen molar-refractivity contribution in [3.63, 3.8) is 0 Å². The Morgan fingerprint density at radius 3 is 2.17 bits per heavy atom. The summed E-state index contributed by atoms with van der Waals surface area (Å²) in [5, 5.41) is 9.51. The first-order valence-corrected chi connectivity index (χ1v) is 6.29. The van der Waals surface area contributed by atoms with Crippen molar-refractivity contribution in [1.82, 2.24) is 0 Å². The van der Waals surface area contributed by atoms with Crippen molar-refractivity contribution in [2.75, 3.05) is 0 Å². The SMILES string of the molecule is Cc1cc(O)ccc1-c1ccccc1C(C)(C)C. The highest BCUT2D eigenvalue weighted by Crippen LogP contribution is 2.35. The number of phenolic OH excluding ortho intramolecular Hbond substituents is 1. The van der Waals surface area contributed by atoms with Gasteiger partial charge in [0.25, 0.3) is 0 Å². The van der Waals surface area contributed by atoms with Crippen molar-refractivity contribution in [3.05, 3.63) is 53.6 Å². The Balaban J connectivity index is 2.64. The lowest BCUT2D eigenvalue weighted by Crippen LogP contribution is -2.12. The molecule has 0 amide bonds. The average molecular weight is 240 g/mol. The molecule has 0 heterocycles. The summed E-state index contributed by atoms with van der Waals surface area (Å²) in [6.45, 7) is 8.71. The van der Waals surface area contributed by atoms with E-state index >= 15 is 0 Å². The van der Waals surface area contributed by atoms with Crippen LogP contribution in [0.1, 0.15) is 31.9 Å². The maximum atomic E-state index is 9.51. The zero-order valence-corrected chi connectivity index (χ0v) is 11.5. The van der Waals surface area contributed by atoms with Gasteiger partial charge in [0.15, 0.2) is 0 Å². The molecule has 94 valence electrons. The van der Waals surface area contributed by atoms with Gasteiger partial charge in [-0.2, -0.15) is 0 Å². The lowest BCUT2D eigenvalue weighted by molar-refractivity contribution is 0.475. The van der Waals surface area contributed by atoms with Crippen LogP contribution in [0.4, 0.5) is 0 Å². The maximum absolute atomic E-state index is 9.51. The molecule has 0 fully saturated rings. The molecule has 0 aliphatic heterocycles. The molecule has 0 spiro atoms. The third kappa shape index (κ3) is 2.40. The number of hydrogen-bond donors (Lipinski definition) is 1. The summed E-state index contributed by atoms with van der Waals surface area (Å²) in [6.07, 6.45) is 0. The monoisotopic (exact) mass is 240 g/mol. The molecule has 0 aliphatic carbocycles. The van der Waals surface area contributed by atoms with E-state index in [2.05, 4.69) is 45.0 Å². The Bertz CT molecular complexity index is 562. The summed E-state index contributed by atoms with van der Waals surface area (Å²) in [7, 11) is 0. The molecule has 1 heteroatoms. The van der Waals surface area contributed by atoms with Crippen LogP contribution in [-0.2, 0) is 5.41 Å². The summed E-state index contributed by atoms with van der Waals surface area (Å²) < 4.78 is 0. The third-order valence-corrected chi connectivity index (χ3v) is 3.24. The first-order chi connectivity index (χ1) is 8.39. The van der Waals surface area contributed by atoms with E-state index in [4.69, 9.17) is 0 Å². The van der Waals surface area contributed by atoms with Gasteiger partial charge in [-0.1, -0.05) is 51.1 Å². The van der Waals surface area contributed by atoms with Crippen LogP contribution in [0.2, 0.25) is 0 Å². The first-order valence-electron chi connectivity index (χ1n) is 6.29. The molecule has 2 aromatic carbocycles. The second-order valence-electron chi connectivity index (χ2n) is 5.79. The number of benzene rings is 2. The van der Waals surface area contributed by atoms with Crippen LogP contribution >= 0.6 is 0 Å². The van der Waals surface area contributed by atoms with E-state index in [0.717, 1.165) is 5.56 Å². The Morgan fingerprint density at radius 1 is 0.889 bits per heavy atom. The molecule has 2 aromatic rings. The molecule has 0 saturated heterocycles. The normalized spacial score (nSPS) is 11.6. The highest BCUT2D eigenvalue weighted by molar-refractivity contribution is 5.72. The van der Waals surface area contributed by atoms with E-state index < -0.39 is 0 Å². The largest absolute Gasteiger partial charge is 0.508 e. The van der Waals surface area contributed by atoms with Crippen LogP contribution in [0, 0.1) is 6.92 Å². The van der Waals surface area contributed by atoms with Crippen LogP contribution < -0.4 is 0 Å². The molecule has 0 aliphatic rings. The van der Waals surface area contributed by atoms with Gasteiger partial charge in [0.05, 0.1) is 0 Å².